The molecular formula is C21H20BrN3O3. The fourth-order valence-electron chi connectivity index (χ4n) is 2.95. The van der Waals surface area contributed by atoms with Gasteiger partial charge in [0.15, 0.2) is 0 Å². The molecule has 2 aromatic carbocycles. The maximum absolute atomic E-state index is 12.3. The highest BCUT2D eigenvalue weighted by Gasteiger charge is 2.21. The Kier molecular flexibility index (Phi) is 6.26. The van der Waals surface area contributed by atoms with Crippen LogP contribution in [0.5, 0.6) is 0 Å². The highest BCUT2D eigenvalue weighted by atomic mass is 79.9. The Morgan fingerprint density at radius 1 is 1.07 bits per heavy atom. The monoisotopic (exact) mass is 441 g/mol. The van der Waals surface area contributed by atoms with Crippen LogP contribution in [0.2, 0.25) is 0 Å². The highest BCUT2D eigenvalue weighted by molar-refractivity contribution is 9.10. The Morgan fingerprint density at radius 3 is 2.46 bits per heavy atom. The third-order valence-corrected chi connectivity index (χ3v) is 4.75. The molecule has 0 aromatic heterocycles. The summed E-state index contributed by atoms with van der Waals surface area (Å²) in [5.41, 5.74) is 2.75. The van der Waals surface area contributed by atoms with Crippen molar-refractivity contribution in [1.29, 1.82) is 0 Å². The van der Waals surface area contributed by atoms with Crippen molar-refractivity contribution in [3.05, 3.63) is 58.6 Å². The summed E-state index contributed by atoms with van der Waals surface area (Å²) < 4.78 is 0.785. The second kappa shape index (κ2) is 8.84. The number of carbonyl (C=O) groups is 3. The van der Waals surface area contributed by atoms with Gasteiger partial charge in [0, 0.05) is 36.1 Å². The average molecular weight is 442 g/mol. The lowest BCUT2D eigenvalue weighted by Crippen LogP contribution is -2.23. The first-order valence-electron chi connectivity index (χ1n) is 8.89. The van der Waals surface area contributed by atoms with Crippen LogP contribution in [0.15, 0.2) is 53.0 Å². The van der Waals surface area contributed by atoms with Gasteiger partial charge < -0.3 is 15.5 Å². The normalized spacial score (nSPS) is 13.8. The molecule has 1 aliphatic rings. The van der Waals surface area contributed by atoms with E-state index < -0.39 is 0 Å². The molecule has 2 aromatic rings. The molecular weight excluding hydrogens is 422 g/mol. The van der Waals surface area contributed by atoms with Crippen LogP contribution in [-0.4, -0.2) is 24.3 Å². The molecule has 6 nitrogen and oxygen atoms in total. The zero-order chi connectivity index (χ0) is 20.1. The molecule has 0 bridgehead atoms. The highest BCUT2D eigenvalue weighted by Crippen LogP contribution is 2.26. The van der Waals surface area contributed by atoms with Crippen molar-refractivity contribution < 1.29 is 14.4 Å². The van der Waals surface area contributed by atoms with Gasteiger partial charge in [-0.1, -0.05) is 28.1 Å². The lowest BCUT2D eigenvalue weighted by molar-refractivity contribution is -0.117. The number of nitrogens with one attached hydrogen (secondary N) is 2. The molecule has 144 valence electrons. The third-order valence-electron chi connectivity index (χ3n) is 4.26. The minimum absolute atomic E-state index is 0.145. The third kappa shape index (κ3) is 5.07. The summed E-state index contributed by atoms with van der Waals surface area (Å²) >= 11 is 3.36. The maximum atomic E-state index is 12.3. The van der Waals surface area contributed by atoms with E-state index >= 15 is 0 Å². The second-order valence-corrected chi connectivity index (χ2v) is 7.35. The zero-order valence-corrected chi connectivity index (χ0v) is 17.0. The Bertz CT molecular complexity index is 938. The lowest BCUT2D eigenvalue weighted by atomic mass is 10.2. The van der Waals surface area contributed by atoms with E-state index in [1.54, 1.807) is 29.2 Å². The van der Waals surface area contributed by atoms with Crippen LogP contribution in [0, 0.1) is 0 Å². The molecule has 0 aliphatic carbocycles. The van der Waals surface area contributed by atoms with Gasteiger partial charge in [-0.05, 0) is 48.4 Å². The van der Waals surface area contributed by atoms with E-state index in [-0.39, 0.29) is 17.7 Å². The number of hydrogen-bond acceptors (Lipinski definition) is 3. The fraction of sp³-hybridized carbons (Fsp3) is 0.190. The number of carbonyl (C=O) groups excluding carboxylic acids is 3. The van der Waals surface area contributed by atoms with Crippen molar-refractivity contribution >= 4 is 56.8 Å². The Morgan fingerprint density at radius 2 is 1.82 bits per heavy atom. The quantitative estimate of drug-likeness (QED) is 0.682. The van der Waals surface area contributed by atoms with Crippen molar-refractivity contribution in [3.63, 3.8) is 0 Å². The Labute approximate surface area is 171 Å². The van der Waals surface area contributed by atoms with Crippen LogP contribution in [0.4, 0.5) is 17.1 Å². The van der Waals surface area contributed by atoms with Gasteiger partial charge in [-0.15, -0.1) is 0 Å². The summed E-state index contributed by atoms with van der Waals surface area (Å²) in [6.45, 7) is 2.16. The molecule has 7 heteroatoms. The van der Waals surface area contributed by atoms with Gasteiger partial charge in [-0.3, -0.25) is 14.4 Å². The largest absolute Gasteiger partial charge is 0.325 e. The maximum Gasteiger partial charge on any atom is 0.248 e. The van der Waals surface area contributed by atoms with Crippen LogP contribution in [0.3, 0.4) is 0 Å². The molecule has 0 saturated carbocycles. The SMILES string of the molecule is CC(=O)Nc1ccc(Br)cc1NC(=O)/C=C/c1ccc(N2CCCC2=O)cc1. The predicted octanol–water partition coefficient (Wildman–Crippen LogP) is 4.19. The summed E-state index contributed by atoms with van der Waals surface area (Å²) in [6, 6.07) is 12.7. The molecule has 3 amide bonds. The van der Waals surface area contributed by atoms with Gasteiger partial charge in [-0.2, -0.15) is 0 Å². The Hall–Kier alpha value is -2.93. The molecule has 0 radical (unpaired) electrons. The summed E-state index contributed by atoms with van der Waals surface area (Å²) in [5.74, 6) is -0.389. The molecule has 1 fully saturated rings. The van der Waals surface area contributed by atoms with Crippen LogP contribution >= 0.6 is 15.9 Å². The molecule has 1 heterocycles. The topological polar surface area (TPSA) is 78.5 Å². The molecule has 0 unspecified atom stereocenters. The molecule has 0 atom stereocenters. The van der Waals surface area contributed by atoms with Crippen LogP contribution < -0.4 is 15.5 Å². The number of amides is 3. The molecule has 28 heavy (non-hydrogen) atoms. The number of benzene rings is 2. The minimum atomic E-state index is -0.316. The second-order valence-electron chi connectivity index (χ2n) is 6.43. The standard InChI is InChI=1S/C21H20BrN3O3/c1-14(26)23-18-10-7-16(22)13-19(18)24-20(27)11-6-15-4-8-17(9-5-15)25-12-2-3-21(25)28/h4-11,13H,2-3,12H2,1H3,(H,23,26)(H,24,27)/b11-6+. The summed E-state index contributed by atoms with van der Waals surface area (Å²) in [4.78, 5) is 37.2. The molecule has 3 rings (SSSR count). The summed E-state index contributed by atoms with van der Waals surface area (Å²) in [7, 11) is 0. The van der Waals surface area contributed by atoms with Crippen molar-refractivity contribution in [3.8, 4) is 0 Å². The number of nitrogens with zero attached hydrogens (tertiary/aromatic N) is 1. The van der Waals surface area contributed by atoms with E-state index in [9.17, 15) is 14.4 Å². The smallest absolute Gasteiger partial charge is 0.248 e. The zero-order valence-electron chi connectivity index (χ0n) is 15.4. The number of hydrogen-bond donors (Lipinski definition) is 2. The molecule has 2 N–H and O–H groups in total. The van der Waals surface area contributed by atoms with E-state index in [1.807, 2.05) is 24.3 Å². The van der Waals surface area contributed by atoms with E-state index in [0.717, 1.165) is 28.7 Å². The van der Waals surface area contributed by atoms with Gasteiger partial charge in [-0.25, -0.2) is 0 Å². The first kappa shape index (κ1) is 19.8. The number of anilines is 3. The number of rotatable bonds is 5. The van der Waals surface area contributed by atoms with Crippen LogP contribution in [0.25, 0.3) is 6.08 Å². The average Bonchev–Trinajstić information content (AvgIpc) is 3.08. The van der Waals surface area contributed by atoms with Crippen molar-refractivity contribution in [1.82, 2.24) is 0 Å². The number of halogens is 1. The molecule has 1 saturated heterocycles. The van der Waals surface area contributed by atoms with Gasteiger partial charge in [0.2, 0.25) is 17.7 Å². The minimum Gasteiger partial charge on any atom is -0.325 e. The van der Waals surface area contributed by atoms with Gasteiger partial charge in [0.1, 0.15) is 0 Å². The lowest BCUT2D eigenvalue weighted by Gasteiger charge is -2.15. The molecule has 1 aliphatic heterocycles. The first-order valence-corrected chi connectivity index (χ1v) is 9.68. The van der Waals surface area contributed by atoms with Crippen LogP contribution in [-0.2, 0) is 14.4 Å². The van der Waals surface area contributed by atoms with Gasteiger partial charge in [0.25, 0.3) is 0 Å². The molecule has 0 spiro atoms. The summed E-state index contributed by atoms with van der Waals surface area (Å²) in [5, 5.41) is 5.45. The Balaban J connectivity index is 1.66. The van der Waals surface area contributed by atoms with Gasteiger partial charge >= 0.3 is 0 Å². The van der Waals surface area contributed by atoms with Crippen LogP contribution in [0.1, 0.15) is 25.3 Å². The predicted molar refractivity (Wildman–Crippen MR) is 114 cm³/mol. The van der Waals surface area contributed by atoms with Crippen molar-refractivity contribution in [2.24, 2.45) is 0 Å². The van der Waals surface area contributed by atoms with Gasteiger partial charge in [0.05, 0.1) is 11.4 Å². The van der Waals surface area contributed by atoms with Crippen molar-refractivity contribution in [2.75, 3.05) is 22.1 Å². The first-order chi connectivity index (χ1) is 13.4. The van der Waals surface area contributed by atoms with E-state index in [2.05, 4.69) is 26.6 Å². The fourth-order valence-corrected chi connectivity index (χ4v) is 3.31. The van der Waals surface area contributed by atoms with E-state index in [1.165, 1.54) is 13.0 Å². The van der Waals surface area contributed by atoms with Crippen molar-refractivity contribution in [2.45, 2.75) is 19.8 Å². The van der Waals surface area contributed by atoms with E-state index in [4.69, 9.17) is 0 Å². The van der Waals surface area contributed by atoms with E-state index in [0.29, 0.717) is 17.8 Å². The summed E-state index contributed by atoms with van der Waals surface area (Å²) in [6.07, 6.45) is 4.60.